The molecule has 6 nitrogen and oxygen atoms in total. The second kappa shape index (κ2) is 7.56. The molecule has 0 aliphatic rings. The number of rotatable bonds is 6. The van der Waals surface area contributed by atoms with Crippen molar-refractivity contribution in [3.05, 3.63) is 68.7 Å². The van der Waals surface area contributed by atoms with Gasteiger partial charge in [-0.05, 0) is 40.2 Å². The van der Waals surface area contributed by atoms with Crippen LogP contribution < -0.4 is 4.74 Å². The van der Waals surface area contributed by atoms with Gasteiger partial charge >= 0.3 is 5.97 Å². The fourth-order valence-corrected chi connectivity index (χ4v) is 2.06. The Morgan fingerprint density at radius 1 is 1.14 bits per heavy atom. The lowest BCUT2D eigenvalue weighted by molar-refractivity contribution is -0.385. The summed E-state index contributed by atoms with van der Waals surface area (Å²) in [6.07, 6.45) is 0. The van der Waals surface area contributed by atoms with E-state index in [1.54, 1.807) is 12.1 Å². The molecule has 114 valence electrons. The Labute approximate surface area is 134 Å². The van der Waals surface area contributed by atoms with Crippen LogP contribution in [0.1, 0.15) is 10.4 Å². The van der Waals surface area contributed by atoms with Crippen molar-refractivity contribution in [2.75, 3.05) is 13.2 Å². The predicted molar refractivity (Wildman–Crippen MR) is 83.0 cm³/mol. The zero-order valence-corrected chi connectivity index (χ0v) is 13.0. The van der Waals surface area contributed by atoms with E-state index in [2.05, 4.69) is 15.9 Å². The van der Waals surface area contributed by atoms with Crippen LogP contribution >= 0.6 is 15.9 Å². The highest BCUT2D eigenvalue weighted by atomic mass is 79.9. The lowest BCUT2D eigenvalue weighted by Crippen LogP contribution is -2.12. The van der Waals surface area contributed by atoms with E-state index in [1.165, 1.54) is 18.2 Å². The van der Waals surface area contributed by atoms with Gasteiger partial charge in [-0.25, -0.2) is 4.79 Å². The lowest BCUT2D eigenvalue weighted by Gasteiger charge is -2.07. The fraction of sp³-hybridized carbons (Fsp3) is 0.133. The Morgan fingerprint density at radius 3 is 2.55 bits per heavy atom. The molecule has 0 amide bonds. The molecule has 0 aliphatic heterocycles. The van der Waals surface area contributed by atoms with Crippen molar-refractivity contribution in [1.82, 2.24) is 0 Å². The number of nitro groups is 1. The molecule has 2 rings (SSSR count). The molecule has 0 aliphatic carbocycles. The van der Waals surface area contributed by atoms with Crippen LogP contribution in [0.15, 0.2) is 53.0 Å². The Morgan fingerprint density at radius 2 is 1.86 bits per heavy atom. The number of nitrogens with zero attached hydrogens (tertiary/aromatic N) is 1. The maximum atomic E-state index is 11.8. The van der Waals surface area contributed by atoms with Crippen molar-refractivity contribution >= 4 is 27.6 Å². The SMILES string of the molecule is O=C(OCCOc1ccccc1)c1ccc(Br)c([N+](=O)[O-])c1. The van der Waals surface area contributed by atoms with Crippen LogP contribution in [-0.4, -0.2) is 24.1 Å². The third-order valence-electron chi connectivity index (χ3n) is 2.71. The molecule has 0 radical (unpaired) electrons. The number of para-hydroxylation sites is 1. The molecule has 0 heterocycles. The van der Waals surface area contributed by atoms with Crippen LogP contribution in [0.2, 0.25) is 0 Å². The summed E-state index contributed by atoms with van der Waals surface area (Å²) in [5, 5.41) is 10.8. The molecule has 0 saturated heterocycles. The zero-order valence-electron chi connectivity index (χ0n) is 11.4. The lowest BCUT2D eigenvalue weighted by atomic mass is 10.2. The first-order valence-corrected chi connectivity index (χ1v) is 7.16. The Kier molecular flexibility index (Phi) is 5.48. The van der Waals surface area contributed by atoms with Crippen LogP contribution in [0.25, 0.3) is 0 Å². The van der Waals surface area contributed by atoms with Gasteiger partial charge in [0, 0.05) is 6.07 Å². The minimum Gasteiger partial charge on any atom is -0.490 e. The fourth-order valence-electron chi connectivity index (χ4n) is 1.67. The monoisotopic (exact) mass is 365 g/mol. The molecule has 0 bridgehead atoms. The van der Waals surface area contributed by atoms with Crippen molar-refractivity contribution in [1.29, 1.82) is 0 Å². The van der Waals surface area contributed by atoms with Crippen molar-refractivity contribution in [3.8, 4) is 5.75 Å². The maximum Gasteiger partial charge on any atom is 0.338 e. The van der Waals surface area contributed by atoms with Gasteiger partial charge in [-0.15, -0.1) is 0 Å². The second-order valence-corrected chi connectivity index (χ2v) is 5.08. The summed E-state index contributed by atoms with van der Waals surface area (Å²) < 4.78 is 10.7. The van der Waals surface area contributed by atoms with Gasteiger partial charge in [0.25, 0.3) is 5.69 Å². The van der Waals surface area contributed by atoms with Crippen LogP contribution in [0, 0.1) is 10.1 Å². The van der Waals surface area contributed by atoms with Gasteiger partial charge in [0.1, 0.15) is 19.0 Å². The molecule has 0 atom stereocenters. The second-order valence-electron chi connectivity index (χ2n) is 4.22. The van der Waals surface area contributed by atoms with Gasteiger partial charge in [-0.1, -0.05) is 18.2 Å². The number of halogens is 1. The first-order valence-electron chi connectivity index (χ1n) is 6.37. The van der Waals surface area contributed by atoms with Crippen LogP contribution in [-0.2, 0) is 4.74 Å². The number of benzene rings is 2. The first kappa shape index (κ1) is 16.0. The molecule has 2 aromatic rings. The highest BCUT2D eigenvalue weighted by Crippen LogP contribution is 2.25. The summed E-state index contributed by atoms with van der Waals surface area (Å²) in [5.41, 5.74) is -0.0652. The zero-order chi connectivity index (χ0) is 15.9. The highest BCUT2D eigenvalue weighted by Gasteiger charge is 2.16. The van der Waals surface area contributed by atoms with Gasteiger partial charge in [-0.3, -0.25) is 10.1 Å². The topological polar surface area (TPSA) is 78.7 Å². The molecular weight excluding hydrogens is 354 g/mol. The Hall–Kier alpha value is -2.41. The van der Waals surface area contributed by atoms with Crippen LogP contribution in [0.4, 0.5) is 5.69 Å². The van der Waals surface area contributed by atoms with Gasteiger partial charge in [0.15, 0.2) is 0 Å². The number of esters is 1. The largest absolute Gasteiger partial charge is 0.490 e. The number of nitro benzene ring substituents is 1. The summed E-state index contributed by atoms with van der Waals surface area (Å²) in [6, 6.07) is 13.2. The van der Waals surface area contributed by atoms with E-state index in [1.807, 2.05) is 18.2 Å². The summed E-state index contributed by atoms with van der Waals surface area (Å²) in [7, 11) is 0. The third kappa shape index (κ3) is 4.29. The number of hydrogen-bond donors (Lipinski definition) is 0. The van der Waals surface area contributed by atoms with Crippen LogP contribution in [0.5, 0.6) is 5.75 Å². The number of carbonyl (C=O) groups excluding carboxylic acids is 1. The summed E-state index contributed by atoms with van der Waals surface area (Å²) in [5.74, 6) is 0.0464. The van der Waals surface area contributed by atoms with Gasteiger partial charge in [0.2, 0.25) is 0 Å². The predicted octanol–water partition coefficient (Wildman–Crippen LogP) is 3.59. The molecule has 0 spiro atoms. The Balaban J connectivity index is 1.87. The molecule has 0 saturated carbocycles. The van der Waals surface area contributed by atoms with Crippen molar-refractivity contribution in [3.63, 3.8) is 0 Å². The molecule has 22 heavy (non-hydrogen) atoms. The summed E-state index contributed by atoms with van der Waals surface area (Å²) in [4.78, 5) is 22.1. The van der Waals surface area contributed by atoms with Gasteiger partial charge in [-0.2, -0.15) is 0 Å². The smallest absolute Gasteiger partial charge is 0.338 e. The third-order valence-corrected chi connectivity index (χ3v) is 3.38. The van der Waals surface area contributed by atoms with Crippen molar-refractivity contribution < 1.29 is 19.2 Å². The molecule has 2 aromatic carbocycles. The molecule has 0 aromatic heterocycles. The van der Waals surface area contributed by atoms with E-state index in [0.717, 1.165) is 0 Å². The van der Waals surface area contributed by atoms with Crippen molar-refractivity contribution in [2.45, 2.75) is 0 Å². The quantitative estimate of drug-likeness (QED) is 0.338. The van der Waals surface area contributed by atoms with Gasteiger partial charge < -0.3 is 9.47 Å². The van der Waals surface area contributed by atoms with Gasteiger partial charge in [0.05, 0.1) is 15.0 Å². The number of carbonyl (C=O) groups is 1. The van der Waals surface area contributed by atoms with E-state index in [9.17, 15) is 14.9 Å². The normalized spacial score (nSPS) is 10.0. The average Bonchev–Trinajstić information content (AvgIpc) is 2.52. The van der Waals surface area contributed by atoms with E-state index in [4.69, 9.17) is 9.47 Å². The maximum absolute atomic E-state index is 11.8. The molecule has 0 fully saturated rings. The summed E-state index contributed by atoms with van der Waals surface area (Å²) in [6.45, 7) is 0.256. The minimum atomic E-state index is -0.632. The molecule has 0 N–H and O–H groups in total. The van der Waals surface area contributed by atoms with Crippen molar-refractivity contribution in [2.24, 2.45) is 0 Å². The highest BCUT2D eigenvalue weighted by molar-refractivity contribution is 9.10. The number of hydrogen-bond acceptors (Lipinski definition) is 5. The Bertz CT molecular complexity index is 675. The number of ether oxygens (including phenoxy) is 2. The first-order chi connectivity index (χ1) is 10.6. The minimum absolute atomic E-state index is 0.0532. The molecular formula is C15H12BrNO5. The molecule has 7 heteroatoms. The molecule has 0 unspecified atom stereocenters. The van der Waals surface area contributed by atoms with E-state index < -0.39 is 10.9 Å². The standard InChI is InChI=1S/C15H12BrNO5/c16-13-7-6-11(10-14(13)17(19)20)15(18)22-9-8-21-12-4-2-1-3-5-12/h1-7,10H,8-9H2. The van der Waals surface area contributed by atoms with E-state index in [-0.39, 0.29) is 24.5 Å². The van der Waals surface area contributed by atoms with Crippen LogP contribution in [0.3, 0.4) is 0 Å². The summed E-state index contributed by atoms with van der Waals surface area (Å²) >= 11 is 3.06. The van der Waals surface area contributed by atoms with E-state index >= 15 is 0 Å². The van der Waals surface area contributed by atoms with E-state index in [0.29, 0.717) is 10.2 Å². The average molecular weight is 366 g/mol.